The quantitative estimate of drug-likeness (QED) is 0.892. The lowest BCUT2D eigenvalue weighted by atomic mass is 9.99. The summed E-state index contributed by atoms with van der Waals surface area (Å²) in [7, 11) is 0. The molecule has 0 radical (unpaired) electrons. The van der Waals surface area contributed by atoms with Crippen LogP contribution in [0.25, 0.3) is 0 Å². The predicted octanol–water partition coefficient (Wildman–Crippen LogP) is 3.35. The van der Waals surface area contributed by atoms with Crippen molar-refractivity contribution in [1.29, 1.82) is 0 Å². The molecule has 0 spiro atoms. The molecule has 138 valence electrons. The molecule has 3 rings (SSSR count). The number of ether oxygens (including phenoxy) is 1. The molecule has 2 aromatic rings. The lowest BCUT2D eigenvalue weighted by molar-refractivity contribution is -0.118. The summed E-state index contributed by atoms with van der Waals surface area (Å²) in [6.45, 7) is 8.16. The number of hydrogen-bond acceptors (Lipinski definition) is 5. The Morgan fingerprint density at radius 1 is 1.23 bits per heavy atom. The highest BCUT2D eigenvalue weighted by Crippen LogP contribution is 2.22. The van der Waals surface area contributed by atoms with Gasteiger partial charge in [0.1, 0.15) is 23.7 Å². The van der Waals surface area contributed by atoms with E-state index in [2.05, 4.69) is 27.1 Å². The second-order valence-corrected chi connectivity index (χ2v) is 7.04. The summed E-state index contributed by atoms with van der Waals surface area (Å²) in [4.78, 5) is 22.9. The molecule has 0 unspecified atom stereocenters. The molecule has 1 saturated heterocycles. The third kappa shape index (κ3) is 4.71. The summed E-state index contributed by atoms with van der Waals surface area (Å²) in [6.07, 6.45) is 3.82. The Hall–Kier alpha value is -2.63. The molecule has 6 nitrogen and oxygen atoms in total. The number of nitrogens with zero attached hydrogens (tertiary/aromatic N) is 3. The summed E-state index contributed by atoms with van der Waals surface area (Å²) < 4.78 is 5.64. The van der Waals surface area contributed by atoms with Gasteiger partial charge in [0.2, 0.25) is 0 Å². The Morgan fingerprint density at radius 2 is 2.00 bits per heavy atom. The van der Waals surface area contributed by atoms with Crippen LogP contribution in [0.2, 0.25) is 0 Å². The summed E-state index contributed by atoms with van der Waals surface area (Å²) in [5, 5.41) is 2.79. The van der Waals surface area contributed by atoms with Gasteiger partial charge in [0.05, 0.1) is 0 Å². The molecule has 1 aromatic heterocycles. The van der Waals surface area contributed by atoms with Crippen LogP contribution in [0.5, 0.6) is 5.75 Å². The fourth-order valence-corrected chi connectivity index (χ4v) is 3.01. The lowest BCUT2D eigenvalue weighted by Crippen LogP contribution is -2.33. The van der Waals surface area contributed by atoms with E-state index < -0.39 is 0 Å². The van der Waals surface area contributed by atoms with Crippen molar-refractivity contribution in [2.45, 2.75) is 33.6 Å². The van der Waals surface area contributed by atoms with E-state index in [4.69, 9.17) is 4.74 Å². The highest BCUT2D eigenvalue weighted by molar-refractivity contribution is 5.91. The minimum absolute atomic E-state index is 0.0507. The van der Waals surface area contributed by atoms with E-state index >= 15 is 0 Å². The fraction of sp³-hybridized carbons (Fsp3) is 0.450. The molecule has 0 atom stereocenters. The van der Waals surface area contributed by atoms with Gasteiger partial charge in [-0.25, -0.2) is 9.97 Å². The van der Waals surface area contributed by atoms with Gasteiger partial charge in [-0.2, -0.15) is 0 Å². The first-order valence-electron chi connectivity index (χ1n) is 9.08. The van der Waals surface area contributed by atoms with Gasteiger partial charge in [0, 0.05) is 19.2 Å². The van der Waals surface area contributed by atoms with Crippen LogP contribution in [0.15, 0.2) is 30.6 Å². The molecular formula is C20H26N4O2. The number of carbonyl (C=O) groups excluding carboxylic acids is 1. The molecular weight excluding hydrogens is 328 g/mol. The number of hydrogen-bond donors (Lipinski definition) is 1. The Labute approximate surface area is 154 Å². The van der Waals surface area contributed by atoms with Crippen molar-refractivity contribution in [3.8, 4) is 5.75 Å². The SMILES string of the molecule is Cc1ccc(C)c(OCC(=O)Nc2cc(N3CCC(C)CC3)ncn2)c1. The van der Waals surface area contributed by atoms with Crippen molar-refractivity contribution >= 4 is 17.5 Å². The van der Waals surface area contributed by atoms with Gasteiger partial charge in [0.15, 0.2) is 6.61 Å². The van der Waals surface area contributed by atoms with E-state index in [9.17, 15) is 4.79 Å². The number of nitrogens with one attached hydrogen (secondary N) is 1. The van der Waals surface area contributed by atoms with Crippen molar-refractivity contribution in [3.63, 3.8) is 0 Å². The molecule has 1 aliphatic heterocycles. The average Bonchev–Trinajstić information content (AvgIpc) is 2.63. The third-order valence-electron chi connectivity index (χ3n) is 4.73. The second kappa shape index (κ2) is 8.17. The first-order valence-corrected chi connectivity index (χ1v) is 9.08. The van der Waals surface area contributed by atoms with Gasteiger partial charge in [0.25, 0.3) is 5.91 Å². The van der Waals surface area contributed by atoms with Gasteiger partial charge in [-0.1, -0.05) is 19.1 Å². The topological polar surface area (TPSA) is 67.3 Å². The monoisotopic (exact) mass is 354 g/mol. The van der Waals surface area contributed by atoms with Crippen molar-refractivity contribution < 1.29 is 9.53 Å². The van der Waals surface area contributed by atoms with E-state index in [-0.39, 0.29) is 12.5 Å². The van der Waals surface area contributed by atoms with Crippen LogP contribution in [0.3, 0.4) is 0 Å². The Balaban J connectivity index is 1.57. The summed E-state index contributed by atoms with van der Waals surface area (Å²) >= 11 is 0. The van der Waals surface area contributed by atoms with E-state index in [0.29, 0.717) is 5.82 Å². The molecule has 1 N–H and O–H groups in total. The maximum Gasteiger partial charge on any atom is 0.263 e. The molecule has 2 heterocycles. The Bertz CT molecular complexity index is 770. The number of piperidine rings is 1. The smallest absolute Gasteiger partial charge is 0.263 e. The summed E-state index contributed by atoms with van der Waals surface area (Å²) in [5.41, 5.74) is 2.11. The average molecular weight is 354 g/mol. The predicted molar refractivity (Wildman–Crippen MR) is 103 cm³/mol. The molecule has 1 aromatic carbocycles. The Kier molecular flexibility index (Phi) is 5.71. The summed E-state index contributed by atoms with van der Waals surface area (Å²) in [5.74, 6) is 2.61. The zero-order valence-electron chi connectivity index (χ0n) is 15.7. The van der Waals surface area contributed by atoms with Crippen molar-refractivity contribution in [2.24, 2.45) is 5.92 Å². The number of aromatic nitrogens is 2. The number of amides is 1. The van der Waals surface area contributed by atoms with Crippen molar-refractivity contribution in [2.75, 3.05) is 29.9 Å². The van der Waals surface area contributed by atoms with Crippen LogP contribution in [-0.2, 0) is 4.79 Å². The number of benzene rings is 1. The van der Waals surface area contributed by atoms with Crippen LogP contribution >= 0.6 is 0 Å². The second-order valence-electron chi connectivity index (χ2n) is 7.04. The highest BCUT2D eigenvalue weighted by atomic mass is 16.5. The van der Waals surface area contributed by atoms with E-state index in [1.165, 1.54) is 6.33 Å². The van der Waals surface area contributed by atoms with Gasteiger partial charge in [-0.3, -0.25) is 4.79 Å². The van der Waals surface area contributed by atoms with Crippen LogP contribution in [0.4, 0.5) is 11.6 Å². The first-order chi connectivity index (χ1) is 12.5. The molecule has 26 heavy (non-hydrogen) atoms. The molecule has 1 fully saturated rings. The van der Waals surface area contributed by atoms with E-state index in [1.807, 2.05) is 38.1 Å². The maximum atomic E-state index is 12.2. The van der Waals surface area contributed by atoms with Gasteiger partial charge in [-0.05, 0) is 49.8 Å². The van der Waals surface area contributed by atoms with Gasteiger partial charge in [-0.15, -0.1) is 0 Å². The molecule has 1 amide bonds. The van der Waals surface area contributed by atoms with Crippen LogP contribution in [0, 0.1) is 19.8 Å². The summed E-state index contributed by atoms with van der Waals surface area (Å²) in [6, 6.07) is 7.76. The number of anilines is 2. The largest absolute Gasteiger partial charge is 0.483 e. The first kappa shape index (κ1) is 18.2. The number of rotatable bonds is 5. The normalized spacial score (nSPS) is 15.0. The molecule has 6 heteroatoms. The minimum Gasteiger partial charge on any atom is -0.483 e. The molecule has 0 saturated carbocycles. The van der Waals surface area contributed by atoms with E-state index in [0.717, 1.165) is 54.5 Å². The molecule has 0 bridgehead atoms. The van der Waals surface area contributed by atoms with Gasteiger partial charge < -0.3 is 15.0 Å². The number of carbonyl (C=O) groups is 1. The standard InChI is InChI=1S/C20H26N4O2/c1-14-6-8-24(9-7-14)19-11-18(21-13-22-19)23-20(25)12-26-17-10-15(2)4-5-16(17)3/h4-5,10-11,13-14H,6-9,12H2,1-3H3,(H,21,22,23,25). The van der Waals surface area contributed by atoms with Crippen molar-refractivity contribution in [1.82, 2.24) is 9.97 Å². The fourth-order valence-electron chi connectivity index (χ4n) is 3.01. The third-order valence-corrected chi connectivity index (χ3v) is 4.73. The minimum atomic E-state index is -0.233. The van der Waals surface area contributed by atoms with Crippen LogP contribution in [0.1, 0.15) is 30.9 Å². The van der Waals surface area contributed by atoms with Gasteiger partial charge >= 0.3 is 0 Å². The number of aryl methyl sites for hydroxylation is 2. The molecule has 0 aliphatic carbocycles. The maximum absolute atomic E-state index is 12.2. The molecule has 1 aliphatic rings. The van der Waals surface area contributed by atoms with Crippen molar-refractivity contribution in [3.05, 3.63) is 41.7 Å². The lowest BCUT2D eigenvalue weighted by Gasteiger charge is -2.31. The van der Waals surface area contributed by atoms with E-state index in [1.54, 1.807) is 0 Å². The highest BCUT2D eigenvalue weighted by Gasteiger charge is 2.17. The Morgan fingerprint density at radius 3 is 2.77 bits per heavy atom. The zero-order valence-corrected chi connectivity index (χ0v) is 15.7. The van der Waals surface area contributed by atoms with Crippen LogP contribution in [-0.4, -0.2) is 35.6 Å². The van der Waals surface area contributed by atoms with Crippen LogP contribution < -0.4 is 15.0 Å². The zero-order chi connectivity index (χ0) is 18.5.